The Kier molecular flexibility index (Phi) is 19.5. The maximum Gasteiger partial charge on any atom is 0.131 e. The van der Waals surface area contributed by atoms with Crippen LogP contribution in [0.5, 0.6) is 92.0 Å². The van der Waals surface area contributed by atoms with Crippen molar-refractivity contribution in [1.29, 1.82) is 0 Å². The molecule has 0 aliphatic carbocycles. The van der Waals surface area contributed by atoms with Gasteiger partial charge in [0.05, 0.1) is 72.9 Å². The molecule has 16 heteroatoms. The number of ether oxygens (including phenoxy) is 12. The third-order valence-corrected chi connectivity index (χ3v) is 23.8. The molecule has 8 aromatic rings. The Morgan fingerprint density at radius 3 is 0.741 bits per heavy atom. The van der Waals surface area contributed by atoms with Crippen LogP contribution in [0.25, 0.3) is 0 Å². The van der Waals surface area contributed by atoms with E-state index >= 15 is 0 Å². The van der Waals surface area contributed by atoms with E-state index in [0.29, 0.717) is 75.5 Å². The fourth-order valence-electron chi connectivity index (χ4n) is 18.1. The second-order valence-corrected chi connectivity index (χ2v) is 40.1. The zero-order chi connectivity index (χ0) is 81.9. The van der Waals surface area contributed by atoms with Gasteiger partial charge in [-0.05, 0) is 116 Å². The highest BCUT2D eigenvalue weighted by Gasteiger charge is 2.60. The normalized spacial score (nSPS) is 17.1. The molecule has 4 N–H and O–H groups in total. The minimum atomic E-state index is -0.776. The molecule has 8 heterocycles. The summed E-state index contributed by atoms with van der Waals surface area (Å²) in [6.07, 6.45) is 0. The van der Waals surface area contributed by atoms with Gasteiger partial charge in [0.15, 0.2) is 0 Å². The van der Waals surface area contributed by atoms with Crippen molar-refractivity contribution in [2.24, 2.45) is 0 Å². The van der Waals surface area contributed by atoms with Crippen molar-refractivity contribution < 1.29 is 77.3 Å². The fraction of sp³-hybridized carbons (Fsp3) is 0.500. The summed E-state index contributed by atoms with van der Waals surface area (Å²) in [5.41, 5.74) is 12.4. The molecule has 0 aromatic heterocycles. The average Bonchev–Trinajstić information content (AvgIpc) is 1.54. The van der Waals surface area contributed by atoms with Gasteiger partial charge in [0.2, 0.25) is 0 Å². The summed E-state index contributed by atoms with van der Waals surface area (Å²) in [4.78, 5) is 0. The minimum absolute atomic E-state index is 0.0991. The minimum Gasteiger partial charge on any atom is -0.507 e. The number of aromatic hydroxyl groups is 4. The summed E-state index contributed by atoms with van der Waals surface area (Å²) >= 11 is 0. The zero-order valence-electron chi connectivity index (χ0n) is 71.6. The standard InChI is InChI=1S/C33H48O4.C31H44O4.C17H16O4.C15H12O4/c1-29(2,3)19-15-21(31(7,8)9)27-23(25(19)34-13)33(17-36-27)18-37-28-22(32(10,11)12)16-20(30(4,5)6)26(35-14)24(28)33;1-27(2,3)17-13-19(29(7,8)9)25-21(23(17)32)31(15-34-25)16-35-26-20(30(10,11)12)14-18(28(4,5)6)24(33)22(26)31;1-18-11-5-3-7-13-15(11)17(9-20-13)10-21-14-8-4-6-12(19-2)16(14)17;16-9-3-1-5-11-13(9)15(7-18-11)8-19-12-6-2-4-10(17)14(12)15/h15-16H,17-18H2,1-14H3;13-14,32-33H,15-16H2,1-12H3;3-8H,9-10H2,1-2H3;1-6,16-17H,7-8H2. The largest absolute Gasteiger partial charge is 0.507 e. The predicted octanol–water partition coefficient (Wildman–Crippen LogP) is 20.3. The molecule has 0 atom stereocenters. The van der Waals surface area contributed by atoms with Crippen LogP contribution < -0.4 is 56.8 Å². The molecule has 0 amide bonds. The molecule has 0 saturated carbocycles. The van der Waals surface area contributed by atoms with E-state index in [-0.39, 0.29) is 71.7 Å². The Balaban J connectivity index is 0.000000135. The van der Waals surface area contributed by atoms with Crippen LogP contribution in [-0.4, -0.2) is 102 Å². The van der Waals surface area contributed by atoms with E-state index in [1.165, 1.54) is 22.3 Å². The van der Waals surface area contributed by atoms with Crippen LogP contribution in [0, 0.1) is 0 Å². The number of benzene rings is 8. The smallest absolute Gasteiger partial charge is 0.131 e. The molecule has 8 aromatic carbocycles. The molecule has 0 bridgehead atoms. The van der Waals surface area contributed by atoms with Crippen LogP contribution in [0.15, 0.2) is 97.1 Å². The Bertz CT molecular complexity index is 4720. The summed E-state index contributed by atoms with van der Waals surface area (Å²) in [5.74, 6) is 10.7. The molecule has 0 saturated heterocycles. The molecule has 0 radical (unpaired) electrons. The van der Waals surface area contributed by atoms with Crippen molar-refractivity contribution in [3.8, 4) is 92.0 Å². The lowest BCUT2D eigenvalue weighted by molar-refractivity contribution is 0.231. The number of phenolic OH excluding ortho intramolecular Hbond substituents is 4. The van der Waals surface area contributed by atoms with Crippen molar-refractivity contribution in [1.82, 2.24) is 0 Å². The van der Waals surface area contributed by atoms with Crippen molar-refractivity contribution >= 4 is 0 Å². The van der Waals surface area contributed by atoms with Crippen LogP contribution in [0.1, 0.15) is 255 Å². The summed E-state index contributed by atoms with van der Waals surface area (Å²) < 4.78 is 73.2. The van der Waals surface area contributed by atoms with Gasteiger partial charge in [-0.3, -0.25) is 0 Å². The van der Waals surface area contributed by atoms with Crippen LogP contribution in [0.4, 0.5) is 0 Å². The summed E-state index contributed by atoms with van der Waals surface area (Å²) in [7, 11) is 6.93. The fourth-order valence-corrected chi connectivity index (χ4v) is 18.1. The number of hydrogen-bond donors (Lipinski definition) is 4. The van der Waals surface area contributed by atoms with Crippen LogP contribution in [0.2, 0.25) is 0 Å². The molecule has 8 aliphatic heterocycles. The van der Waals surface area contributed by atoms with Crippen molar-refractivity contribution in [2.45, 2.75) is 231 Å². The SMILES string of the molecule is CC(C)(C)c1cc(C(C)(C)C)c2c(c1O)C1(CO2)COc2c(C(C)(C)C)cc(C(C)(C)C)c(O)c21.COc1c(C(C)(C)C)cc(C(C)(C)C)c2c1C1(CO2)COc2c(C(C)(C)C)cc(C(C)(C)C)c(OC)c21.COc1cccc2c1C1(CO2)COc2cccc(OC)c21.Oc1cccc2c1C1(CO2)COc2cccc(O)c21. The Hall–Kier alpha value is -9.44. The van der Waals surface area contributed by atoms with Gasteiger partial charge in [0, 0.05) is 44.5 Å². The average molecular weight is 1530 g/mol. The van der Waals surface area contributed by atoms with Crippen LogP contribution in [-0.2, 0) is 65.0 Å². The molecule has 0 fully saturated rings. The van der Waals surface area contributed by atoms with Gasteiger partial charge in [-0.25, -0.2) is 0 Å². The van der Waals surface area contributed by atoms with E-state index in [9.17, 15) is 20.4 Å². The zero-order valence-corrected chi connectivity index (χ0v) is 71.6. The highest BCUT2D eigenvalue weighted by Crippen LogP contribution is 2.66. The molecule has 16 rings (SSSR count). The van der Waals surface area contributed by atoms with Gasteiger partial charge in [-0.1, -0.05) is 190 Å². The number of fused-ring (bicyclic) bond motifs is 16. The first-order valence-electron chi connectivity index (χ1n) is 39.4. The van der Waals surface area contributed by atoms with E-state index in [4.69, 9.17) is 56.8 Å². The van der Waals surface area contributed by atoms with Gasteiger partial charge >= 0.3 is 0 Å². The van der Waals surface area contributed by atoms with Crippen LogP contribution >= 0.6 is 0 Å². The Morgan fingerprint density at radius 2 is 0.473 bits per heavy atom. The quantitative estimate of drug-likeness (QED) is 0.130. The molecular formula is C96H120O16. The lowest BCUT2D eigenvalue weighted by Gasteiger charge is -2.33. The number of rotatable bonds is 4. The van der Waals surface area contributed by atoms with Gasteiger partial charge in [0.1, 0.15) is 167 Å². The summed E-state index contributed by atoms with van der Waals surface area (Å²) in [6.45, 7) is 56.2. The van der Waals surface area contributed by atoms with E-state index in [1.54, 1.807) is 52.7 Å². The third kappa shape index (κ3) is 12.8. The lowest BCUT2D eigenvalue weighted by atomic mass is 9.69. The van der Waals surface area contributed by atoms with E-state index in [2.05, 4.69) is 190 Å². The third-order valence-electron chi connectivity index (χ3n) is 23.8. The molecule has 112 heavy (non-hydrogen) atoms. The van der Waals surface area contributed by atoms with E-state index in [1.807, 2.05) is 48.5 Å². The van der Waals surface area contributed by atoms with Crippen molar-refractivity contribution in [2.75, 3.05) is 81.3 Å². The number of phenols is 4. The highest BCUT2D eigenvalue weighted by molar-refractivity contribution is 5.76. The first kappa shape index (κ1) is 80.6. The Morgan fingerprint density at radius 1 is 0.250 bits per heavy atom. The molecule has 4 spiro atoms. The maximum atomic E-state index is 11.8. The molecule has 8 aliphatic rings. The van der Waals surface area contributed by atoms with E-state index < -0.39 is 16.2 Å². The molecular weight excluding hydrogens is 1410 g/mol. The van der Waals surface area contributed by atoms with Gasteiger partial charge in [0.25, 0.3) is 0 Å². The first-order chi connectivity index (χ1) is 52.0. The monoisotopic (exact) mass is 1530 g/mol. The second-order valence-electron chi connectivity index (χ2n) is 40.1. The highest BCUT2D eigenvalue weighted by atomic mass is 16.5. The topological polar surface area (TPSA) is 192 Å². The van der Waals surface area contributed by atoms with Gasteiger partial charge in [-0.2, -0.15) is 0 Å². The van der Waals surface area contributed by atoms with Crippen molar-refractivity contribution in [3.05, 3.63) is 186 Å². The summed E-state index contributed by atoms with van der Waals surface area (Å²) in [6, 6.07) is 31.0. The summed E-state index contributed by atoms with van der Waals surface area (Å²) in [5, 5.41) is 43.9. The number of hydrogen-bond acceptors (Lipinski definition) is 16. The van der Waals surface area contributed by atoms with Gasteiger partial charge < -0.3 is 77.3 Å². The maximum absolute atomic E-state index is 11.8. The van der Waals surface area contributed by atoms with E-state index in [0.717, 1.165) is 113 Å². The molecule has 16 nitrogen and oxygen atoms in total. The Labute approximate surface area is 664 Å². The van der Waals surface area contributed by atoms with Crippen molar-refractivity contribution in [3.63, 3.8) is 0 Å². The van der Waals surface area contributed by atoms with Crippen LogP contribution in [0.3, 0.4) is 0 Å². The van der Waals surface area contributed by atoms with Gasteiger partial charge in [-0.15, -0.1) is 0 Å². The second kappa shape index (κ2) is 27.1. The molecule has 0 unspecified atom stereocenters. The lowest BCUT2D eigenvalue weighted by Crippen LogP contribution is -2.33. The number of methoxy groups -OCH3 is 4. The predicted molar refractivity (Wildman–Crippen MR) is 441 cm³/mol. The first-order valence-corrected chi connectivity index (χ1v) is 39.4. The molecule has 600 valence electrons.